The van der Waals surface area contributed by atoms with Crippen molar-refractivity contribution in [2.75, 3.05) is 5.32 Å². The molecule has 0 radical (unpaired) electrons. The summed E-state index contributed by atoms with van der Waals surface area (Å²) in [6, 6.07) is 12.0. The molecule has 116 valence electrons. The van der Waals surface area contributed by atoms with Gasteiger partial charge in [-0.25, -0.2) is 0 Å². The van der Waals surface area contributed by atoms with Crippen LogP contribution in [0.15, 0.2) is 42.5 Å². The average Bonchev–Trinajstić information content (AvgIpc) is 2.42. The second kappa shape index (κ2) is 6.40. The first-order chi connectivity index (χ1) is 10.3. The predicted octanol–water partition coefficient (Wildman–Crippen LogP) is 0.502. The Balaban J connectivity index is 2.50. The second-order valence-corrected chi connectivity index (χ2v) is 8.15. The van der Waals surface area contributed by atoms with Gasteiger partial charge < -0.3 is 0 Å². The van der Waals surface area contributed by atoms with Crippen molar-refractivity contribution < 1.29 is 21.8 Å². The Kier molecular flexibility index (Phi) is 4.76. The van der Waals surface area contributed by atoms with Gasteiger partial charge in [0, 0.05) is 0 Å². The molecule has 0 bridgehead atoms. The van der Waals surface area contributed by atoms with Crippen molar-refractivity contribution in [3.63, 3.8) is 0 Å². The van der Waals surface area contributed by atoms with Gasteiger partial charge in [0.25, 0.3) is 0 Å². The zero-order valence-electron chi connectivity index (χ0n) is 11.9. The van der Waals surface area contributed by atoms with Gasteiger partial charge in [0.15, 0.2) is 0 Å². The molecule has 2 aromatic rings. The minimum atomic E-state index is -5.27. The van der Waals surface area contributed by atoms with Crippen molar-refractivity contribution >= 4 is 30.1 Å². The van der Waals surface area contributed by atoms with E-state index in [1.165, 1.54) is 19.1 Å². The van der Waals surface area contributed by atoms with Crippen molar-refractivity contribution in [3.8, 4) is 5.75 Å². The van der Waals surface area contributed by atoms with Gasteiger partial charge in [0.1, 0.15) is 0 Å². The fraction of sp³-hybridized carbons (Fsp3) is 0.133. The summed E-state index contributed by atoms with van der Waals surface area (Å²) in [4.78, 5) is 11.2. The number of hydrogen-bond donors (Lipinski definition) is 4. The standard InChI is InChI=1S/C15H16AsNO5/c1-10(18)17-14-13(16(20,21)22)8-7-12(15(14)19)9-11-5-3-2-4-6-11/h2-8,19H,9H2,1H3,(H,17,18)(H2,20,21,22). The van der Waals surface area contributed by atoms with Gasteiger partial charge in [0.2, 0.25) is 0 Å². The van der Waals surface area contributed by atoms with Crippen LogP contribution in [-0.2, 0) is 15.0 Å². The molecular formula is C15H16AsNO5. The van der Waals surface area contributed by atoms with E-state index in [-0.39, 0.29) is 15.8 Å². The van der Waals surface area contributed by atoms with E-state index in [2.05, 4.69) is 5.32 Å². The molecule has 0 saturated carbocycles. The molecule has 0 fully saturated rings. The van der Waals surface area contributed by atoms with Gasteiger partial charge in [-0.05, 0) is 0 Å². The van der Waals surface area contributed by atoms with E-state index in [0.717, 1.165) is 5.56 Å². The number of aromatic hydroxyl groups is 1. The quantitative estimate of drug-likeness (QED) is 0.466. The Morgan fingerprint density at radius 2 is 1.77 bits per heavy atom. The van der Waals surface area contributed by atoms with Gasteiger partial charge in [-0.2, -0.15) is 0 Å². The molecule has 0 unspecified atom stereocenters. The van der Waals surface area contributed by atoms with E-state index in [1.807, 2.05) is 30.3 Å². The fourth-order valence-corrected chi connectivity index (χ4v) is 3.64. The van der Waals surface area contributed by atoms with Gasteiger partial charge in [-0.15, -0.1) is 0 Å². The maximum atomic E-state index is 11.5. The summed E-state index contributed by atoms with van der Waals surface area (Å²) in [6.45, 7) is 1.21. The fourth-order valence-electron chi connectivity index (χ4n) is 2.12. The Bertz CT molecular complexity index is 739. The van der Waals surface area contributed by atoms with E-state index in [9.17, 15) is 21.8 Å². The van der Waals surface area contributed by atoms with E-state index in [1.54, 1.807) is 0 Å². The summed E-state index contributed by atoms with van der Waals surface area (Å²) in [7, 11) is 0. The third-order valence-electron chi connectivity index (χ3n) is 3.09. The van der Waals surface area contributed by atoms with Crippen molar-refractivity contribution in [1.29, 1.82) is 0 Å². The average molecular weight is 365 g/mol. The monoisotopic (exact) mass is 365 g/mol. The Hall–Kier alpha value is -2.01. The van der Waals surface area contributed by atoms with Crippen molar-refractivity contribution in [3.05, 3.63) is 53.6 Å². The van der Waals surface area contributed by atoms with Crippen LogP contribution in [0.3, 0.4) is 0 Å². The number of benzene rings is 2. The van der Waals surface area contributed by atoms with Crippen LogP contribution in [-0.4, -0.2) is 33.4 Å². The number of amides is 1. The molecule has 0 aromatic heterocycles. The topological polar surface area (TPSA) is 107 Å². The number of anilines is 1. The minimum absolute atomic E-state index is 0.214. The van der Waals surface area contributed by atoms with Crippen LogP contribution in [0.2, 0.25) is 0 Å². The molecule has 0 heterocycles. The first-order valence-corrected chi connectivity index (χ1v) is 9.90. The Labute approximate surface area is 130 Å². The molecule has 6 nitrogen and oxygen atoms in total. The zero-order valence-corrected chi connectivity index (χ0v) is 13.7. The van der Waals surface area contributed by atoms with E-state index >= 15 is 0 Å². The number of carbonyl (C=O) groups excluding carboxylic acids is 1. The van der Waals surface area contributed by atoms with Crippen LogP contribution in [0.1, 0.15) is 18.1 Å². The first kappa shape index (κ1) is 16.4. The normalized spacial score (nSPS) is 11.2. The molecule has 1 amide bonds. The number of phenolic OH excluding ortho intramolecular Hbond substituents is 1. The molecule has 4 N–H and O–H groups in total. The molecule has 7 heteroatoms. The number of carbonyl (C=O) groups is 1. The summed E-state index contributed by atoms with van der Waals surface area (Å²) in [5.41, 5.74) is 1.19. The number of rotatable bonds is 4. The van der Waals surface area contributed by atoms with Gasteiger partial charge in [-0.1, -0.05) is 0 Å². The van der Waals surface area contributed by atoms with Crippen molar-refractivity contribution in [2.45, 2.75) is 13.3 Å². The molecule has 0 aliphatic rings. The van der Waals surface area contributed by atoms with Crippen LogP contribution in [0, 0.1) is 0 Å². The molecule has 0 aliphatic carbocycles. The van der Waals surface area contributed by atoms with Crippen LogP contribution in [0.4, 0.5) is 5.69 Å². The zero-order chi connectivity index (χ0) is 16.3. The Morgan fingerprint density at radius 3 is 2.32 bits per heavy atom. The van der Waals surface area contributed by atoms with E-state index < -0.39 is 20.1 Å². The number of nitrogens with one attached hydrogen (secondary N) is 1. The van der Waals surface area contributed by atoms with Crippen molar-refractivity contribution in [2.24, 2.45) is 0 Å². The molecule has 0 atom stereocenters. The van der Waals surface area contributed by atoms with E-state index in [4.69, 9.17) is 0 Å². The molecule has 2 aromatic carbocycles. The molecule has 22 heavy (non-hydrogen) atoms. The first-order valence-electron chi connectivity index (χ1n) is 6.51. The number of hydrogen-bond acceptors (Lipinski definition) is 3. The third kappa shape index (κ3) is 3.79. The predicted molar refractivity (Wildman–Crippen MR) is 82.2 cm³/mol. The van der Waals surface area contributed by atoms with Crippen molar-refractivity contribution in [1.82, 2.24) is 0 Å². The molecule has 2 rings (SSSR count). The summed E-state index contributed by atoms with van der Waals surface area (Å²) >= 11 is -5.27. The van der Waals surface area contributed by atoms with Gasteiger partial charge in [0.05, 0.1) is 0 Å². The van der Waals surface area contributed by atoms with Crippen LogP contribution in [0.5, 0.6) is 5.75 Å². The molecule has 0 saturated heterocycles. The number of phenols is 1. The molecule has 0 spiro atoms. The molecular weight excluding hydrogens is 349 g/mol. The van der Waals surface area contributed by atoms with Gasteiger partial charge in [-0.3, -0.25) is 0 Å². The maximum absolute atomic E-state index is 11.5. The van der Waals surface area contributed by atoms with Crippen LogP contribution >= 0.6 is 0 Å². The SMILES string of the molecule is CC(=O)Nc1c([As](=O)(O)O)ccc(Cc2ccccc2)c1O. The van der Waals surface area contributed by atoms with Crippen LogP contribution < -0.4 is 9.67 Å². The Morgan fingerprint density at radius 1 is 1.14 bits per heavy atom. The molecule has 0 aliphatic heterocycles. The summed E-state index contributed by atoms with van der Waals surface area (Å²) in [6.07, 6.45) is 0.382. The summed E-state index contributed by atoms with van der Waals surface area (Å²) < 4.78 is 30.0. The summed E-state index contributed by atoms with van der Waals surface area (Å²) in [5, 5.41) is 12.6. The van der Waals surface area contributed by atoms with Crippen LogP contribution in [0.25, 0.3) is 0 Å². The second-order valence-electron chi connectivity index (χ2n) is 4.86. The van der Waals surface area contributed by atoms with E-state index in [0.29, 0.717) is 12.0 Å². The third-order valence-corrected chi connectivity index (χ3v) is 5.19. The van der Waals surface area contributed by atoms with Gasteiger partial charge >= 0.3 is 130 Å². The summed E-state index contributed by atoms with van der Waals surface area (Å²) in [5.74, 6) is -0.835.